The van der Waals surface area contributed by atoms with Crippen molar-refractivity contribution < 1.29 is 9.59 Å². The number of hydrogen-bond donors (Lipinski definition) is 2. The molecule has 1 aromatic rings. The standard InChI is InChI=1S/C15H20N4O2/c16-13(8-11-4-2-1-3-5-11)14(20)18-6-7-19-12(10-18)9-17-15(19)21/h1-5,12-13H,6-10,16H2,(H,17,21). The number of fused-ring (bicyclic) bond motifs is 1. The van der Waals surface area contributed by atoms with Crippen molar-refractivity contribution in [1.29, 1.82) is 0 Å². The molecule has 0 saturated carbocycles. The monoisotopic (exact) mass is 288 g/mol. The minimum absolute atomic E-state index is 0.0271. The number of piperazine rings is 1. The van der Waals surface area contributed by atoms with Crippen LogP contribution in [-0.2, 0) is 11.2 Å². The van der Waals surface area contributed by atoms with E-state index in [0.29, 0.717) is 32.6 Å². The molecule has 0 aliphatic carbocycles. The summed E-state index contributed by atoms with van der Waals surface area (Å²) < 4.78 is 0. The molecule has 112 valence electrons. The molecule has 3 amide bonds. The van der Waals surface area contributed by atoms with Crippen LogP contribution in [0.5, 0.6) is 0 Å². The van der Waals surface area contributed by atoms with E-state index in [1.807, 2.05) is 30.3 Å². The van der Waals surface area contributed by atoms with Crippen molar-refractivity contribution >= 4 is 11.9 Å². The first-order valence-electron chi connectivity index (χ1n) is 7.28. The van der Waals surface area contributed by atoms with Crippen LogP contribution in [0.4, 0.5) is 4.79 Å². The van der Waals surface area contributed by atoms with Gasteiger partial charge in [-0.2, -0.15) is 0 Å². The van der Waals surface area contributed by atoms with Gasteiger partial charge in [0.1, 0.15) is 0 Å². The van der Waals surface area contributed by atoms with E-state index >= 15 is 0 Å². The molecule has 21 heavy (non-hydrogen) atoms. The van der Waals surface area contributed by atoms with Crippen molar-refractivity contribution in [3.8, 4) is 0 Å². The summed E-state index contributed by atoms with van der Waals surface area (Å²) in [6.45, 7) is 2.32. The Labute approximate surface area is 123 Å². The van der Waals surface area contributed by atoms with Crippen molar-refractivity contribution in [3.63, 3.8) is 0 Å². The van der Waals surface area contributed by atoms with E-state index in [1.165, 1.54) is 0 Å². The van der Waals surface area contributed by atoms with E-state index < -0.39 is 6.04 Å². The molecule has 0 aromatic heterocycles. The van der Waals surface area contributed by atoms with Gasteiger partial charge in [-0.25, -0.2) is 4.79 Å². The predicted molar refractivity (Wildman–Crippen MR) is 78.6 cm³/mol. The van der Waals surface area contributed by atoms with E-state index in [-0.39, 0.29) is 18.0 Å². The second-order valence-electron chi connectivity index (χ2n) is 5.61. The Bertz CT molecular complexity index is 534. The summed E-state index contributed by atoms with van der Waals surface area (Å²) in [6, 6.07) is 9.32. The van der Waals surface area contributed by atoms with Crippen molar-refractivity contribution in [2.45, 2.75) is 18.5 Å². The van der Waals surface area contributed by atoms with E-state index in [1.54, 1.807) is 9.80 Å². The van der Waals surface area contributed by atoms with Crippen LogP contribution >= 0.6 is 0 Å². The molecule has 2 heterocycles. The van der Waals surface area contributed by atoms with Gasteiger partial charge in [-0.05, 0) is 12.0 Å². The molecule has 2 saturated heterocycles. The fourth-order valence-electron chi connectivity index (χ4n) is 2.99. The number of benzene rings is 1. The lowest BCUT2D eigenvalue weighted by Gasteiger charge is -2.37. The minimum Gasteiger partial charge on any atom is -0.337 e. The quantitative estimate of drug-likeness (QED) is 0.808. The summed E-state index contributed by atoms with van der Waals surface area (Å²) >= 11 is 0. The fraction of sp³-hybridized carbons (Fsp3) is 0.467. The molecule has 3 N–H and O–H groups in total. The molecule has 0 radical (unpaired) electrons. The van der Waals surface area contributed by atoms with Crippen LogP contribution in [-0.4, -0.2) is 60.0 Å². The first-order valence-corrected chi connectivity index (χ1v) is 7.28. The maximum atomic E-state index is 12.4. The molecule has 0 bridgehead atoms. The minimum atomic E-state index is -0.524. The average Bonchev–Trinajstić information content (AvgIpc) is 2.88. The van der Waals surface area contributed by atoms with Crippen LogP contribution in [0, 0.1) is 0 Å². The summed E-state index contributed by atoms with van der Waals surface area (Å²) in [6.07, 6.45) is 0.543. The average molecular weight is 288 g/mol. The second kappa shape index (κ2) is 5.73. The zero-order valence-corrected chi connectivity index (χ0v) is 11.9. The van der Waals surface area contributed by atoms with E-state index in [0.717, 1.165) is 5.56 Å². The van der Waals surface area contributed by atoms with Crippen molar-refractivity contribution in [2.75, 3.05) is 26.2 Å². The zero-order valence-electron chi connectivity index (χ0n) is 11.9. The topological polar surface area (TPSA) is 78.7 Å². The number of carbonyl (C=O) groups is 2. The van der Waals surface area contributed by atoms with E-state index in [4.69, 9.17) is 5.73 Å². The third kappa shape index (κ3) is 2.85. The van der Waals surface area contributed by atoms with Crippen molar-refractivity contribution in [2.24, 2.45) is 5.73 Å². The molecule has 2 fully saturated rings. The number of nitrogens with zero attached hydrogens (tertiary/aromatic N) is 2. The second-order valence-corrected chi connectivity index (χ2v) is 5.61. The summed E-state index contributed by atoms with van der Waals surface area (Å²) in [5.41, 5.74) is 7.12. The lowest BCUT2D eigenvalue weighted by molar-refractivity contribution is -0.134. The Balaban J connectivity index is 1.59. The van der Waals surface area contributed by atoms with Gasteiger partial charge in [0, 0.05) is 26.2 Å². The normalized spacial score (nSPS) is 22.7. The Morgan fingerprint density at radius 3 is 2.86 bits per heavy atom. The molecule has 2 atom stereocenters. The van der Waals surface area contributed by atoms with E-state index in [9.17, 15) is 9.59 Å². The molecular weight excluding hydrogens is 268 g/mol. The Hall–Kier alpha value is -2.08. The molecular formula is C15H20N4O2. The molecule has 3 rings (SSSR count). The van der Waals surface area contributed by atoms with Crippen LogP contribution in [0.25, 0.3) is 0 Å². The highest BCUT2D eigenvalue weighted by Crippen LogP contribution is 2.15. The van der Waals surface area contributed by atoms with Gasteiger partial charge in [-0.3, -0.25) is 4.79 Å². The van der Waals surface area contributed by atoms with Crippen LogP contribution in [0.1, 0.15) is 5.56 Å². The predicted octanol–water partition coefficient (Wildman–Crippen LogP) is -0.208. The maximum Gasteiger partial charge on any atom is 0.317 e. The fourth-order valence-corrected chi connectivity index (χ4v) is 2.99. The zero-order chi connectivity index (χ0) is 14.8. The van der Waals surface area contributed by atoms with Gasteiger partial charge < -0.3 is 20.9 Å². The first-order chi connectivity index (χ1) is 10.1. The highest BCUT2D eigenvalue weighted by Gasteiger charge is 2.37. The highest BCUT2D eigenvalue weighted by molar-refractivity contribution is 5.83. The van der Waals surface area contributed by atoms with Gasteiger partial charge in [-0.15, -0.1) is 0 Å². The Morgan fingerprint density at radius 2 is 2.10 bits per heavy atom. The highest BCUT2D eigenvalue weighted by atomic mass is 16.2. The molecule has 6 nitrogen and oxygen atoms in total. The van der Waals surface area contributed by atoms with E-state index in [2.05, 4.69) is 5.32 Å². The number of amides is 3. The lowest BCUT2D eigenvalue weighted by atomic mass is 10.0. The number of nitrogens with two attached hydrogens (primary N) is 1. The lowest BCUT2D eigenvalue weighted by Crippen LogP contribution is -2.57. The number of urea groups is 1. The van der Waals surface area contributed by atoms with Crippen LogP contribution in [0.3, 0.4) is 0 Å². The van der Waals surface area contributed by atoms with Crippen LogP contribution in [0.2, 0.25) is 0 Å². The van der Waals surface area contributed by atoms with Gasteiger partial charge >= 0.3 is 6.03 Å². The molecule has 1 aromatic carbocycles. The van der Waals surface area contributed by atoms with Gasteiger partial charge in [-0.1, -0.05) is 30.3 Å². The molecule has 2 aliphatic rings. The van der Waals surface area contributed by atoms with Gasteiger partial charge in [0.2, 0.25) is 5.91 Å². The summed E-state index contributed by atoms with van der Waals surface area (Å²) in [4.78, 5) is 27.6. The third-order valence-electron chi connectivity index (χ3n) is 4.16. The number of rotatable bonds is 3. The molecule has 6 heteroatoms. The number of hydrogen-bond acceptors (Lipinski definition) is 3. The van der Waals surface area contributed by atoms with Crippen molar-refractivity contribution in [1.82, 2.24) is 15.1 Å². The molecule has 2 unspecified atom stereocenters. The molecule has 2 aliphatic heterocycles. The third-order valence-corrected chi connectivity index (χ3v) is 4.16. The number of nitrogens with one attached hydrogen (secondary N) is 1. The van der Waals surface area contributed by atoms with Gasteiger partial charge in [0.25, 0.3) is 0 Å². The Kier molecular flexibility index (Phi) is 3.79. The SMILES string of the molecule is NC(Cc1ccccc1)C(=O)N1CCN2C(=O)NCC2C1. The molecule has 0 spiro atoms. The summed E-state index contributed by atoms with van der Waals surface area (Å²) in [5, 5.41) is 2.81. The van der Waals surface area contributed by atoms with Gasteiger partial charge in [0.15, 0.2) is 0 Å². The summed E-state index contributed by atoms with van der Waals surface area (Å²) in [5.74, 6) is -0.0298. The van der Waals surface area contributed by atoms with Crippen molar-refractivity contribution in [3.05, 3.63) is 35.9 Å². The number of carbonyl (C=O) groups excluding carboxylic acids is 2. The smallest absolute Gasteiger partial charge is 0.317 e. The largest absolute Gasteiger partial charge is 0.337 e. The first kappa shape index (κ1) is 13.9. The maximum absolute atomic E-state index is 12.4. The van der Waals surface area contributed by atoms with Gasteiger partial charge in [0.05, 0.1) is 12.1 Å². The Morgan fingerprint density at radius 1 is 1.33 bits per heavy atom. The summed E-state index contributed by atoms with van der Waals surface area (Å²) in [7, 11) is 0. The van der Waals surface area contributed by atoms with Crippen LogP contribution in [0.15, 0.2) is 30.3 Å². The van der Waals surface area contributed by atoms with Crippen LogP contribution < -0.4 is 11.1 Å².